The second-order valence-electron chi connectivity index (χ2n) is 9.08. The van der Waals surface area contributed by atoms with Crippen molar-refractivity contribution in [3.8, 4) is 0 Å². The third-order valence-corrected chi connectivity index (χ3v) is 6.41. The Morgan fingerprint density at radius 3 is 1.77 bits per heavy atom. The van der Waals surface area contributed by atoms with Gasteiger partial charge >= 0.3 is 11.9 Å². The number of aliphatic hydroxyl groups is 1. The van der Waals surface area contributed by atoms with E-state index in [4.69, 9.17) is 9.47 Å². The summed E-state index contributed by atoms with van der Waals surface area (Å²) in [4.78, 5) is 39.8. The lowest BCUT2D eigenvalue weighted by atomic mass is 9.62. The van der Waals surface area contributed by atoms with Crippen molar-refractivity contribution >= 4 is 17.7 Å². The normalized spacial score (nSPS) is 23.9. The minimum absolute atomic E-state index is 0.00444. The topological polar surface area (TPSA) is 89.9 Å². The van der Waals surface area contributed by atoms with Crippen LogP contribution in [0.4, 0.5) is 0 Å². The van der Waals surface area contributed by atoms with E-state index in [2.05, 4.69) is 0 Å². The van der Waals surface area contributed by atoms with E-state index in [-0.39, 0.29) is 19.6 Å². The molecule has 0 heterocycles. The van der Waals surface area contributed by atoms with E-state index in [1.54, 1.807) is 30.3 Å². The molecule has 6 heteroatoms. The summed E-state index contributed by atoms with van der Waals surface area (Å²) in [5, 5.41) is 11.2. The predicted octanol–water partition coefficient (Wildman–Crippen LogP) is 4.21. The van der Waals surface area contributed by atoms with Crippen molar-refractivity contribution in [2.24, 2.45) is 11.8 Å². The fraction of sp³-hybridized carbons (Fsp3) is 0.276. The van der Waals surface area contributed by atoms with Crippen LogP contribution in [0.5, 0.6) is 0 Å². The molecule has 3 aromatic carbocycles. The number of carbonyl (C=O) groups is 3. The summed E-state index contributed by atoms with van der Waals surface area (Å²) in [6, 6.07) is 27.2. The van der Waals surface area contributed by atoms with Gasteiger partial charge in [0.05, 0.1) is 11.5 Å². The van der Waals surface area contributed by atoms with Crippen LogP contribution < -0.4 is 0 Å². The molecule has 0 radical (unpaired) electrons. The molecule has 0 aliphatic heterocycles. The molecule has 0 bridgehead atoms. The van der Waals surface area contributed by atoms with Crippen LogP contribution in [0.1, 0.15) is 36.0 Å². The molecule has 180 valence electrons. The zero-order valence-corrected chi connectivity index (χ0v) is 19.5. The summed E-state index contributed by atoms with van der Waals surface area (Å²) in [5.74, 6) is -5.16. The summed E-state index contributed by atoms with van der Waals surface area (Å²) >= 11 is 0. The molecule has 0 saturated heterocycles. The standard InChI is InChI=1S/C29H28O6/c1-29(33)17-23(30)25(27(31)34-18-20-11-5-2-6-12-20)24(22-15-9-4-10-16-22)26(29)28(32)35-19-21-13-7-3-8-14-21/h2-16,24-26,33H,17-19H2,1H3/t24-,25-,26-,29-/m0/s1. The highest BCUT2D eigenvalue weighted by Crippen LogP contribution is 2.46. The smallest absolute Gasteiger partial charge is 0.317 e. The Morgan fingerprint density at radius 1 is 0.800 bits per heavy atom. The molecule has 1 fully saturated rings. The average Bonchev–Trinajstić information content (AvgIpc) is 2.86. The first-order valence-electron chi connectivity index (χ1n) is 11.6. The van der Waals surface area contributed by atoms with Crippen molar-refractivity contribution in [1.82, 2.24) is 0 Å². The Labute approximate surface area is 204 Å². The van der Waals surface area contributed by atoms with Gasteiger partial charge in [-0.1, -0.05) is 91.0 Å². The summed E-state index contributed by atoms with van der Waals surface area (Å²) in [7, 11) is 0. The van der Waals surface area contributed by atoms with Crippen LogP contribution in [-0.2, 0) is 37.1 Å². The highest BCUT2D eigenvalue weighted by atomic mass is 16.5. The van der Waals surface area contributed by atoms with Crippen LogP contribution in [0.2, 0.25) is 0 Å². The van der Waals surface area contributed by atoms with Gasteiger partial charge < -0.3 is 14.6 Å². The molecule has 0 spiro atoms. The lowest BCUT2D eigenvalue weighted by Gasteiger charge is -2.43. The maximum absolute atomic E-state index is 13.4. The molecule has 1 aliphatic rings. The van der Waals surface area contributed by atoms with Crippen molar-refractivity contribution in [2.45, 2.75) is 38.1 Å². The van der Waals surface area contributed by atoms with E-state index in [0.29, 0.717) is 5.56 Å². The molecular formula is C29H28O6. The lowest BCUT2D eigenvalue weighted by Crippen LogP contribution is -2.55. The van der Waals surface area contributed by atoms with Crippen LogP contribution >= 0.6 is 0 Å². The molecule has 35 heavy (non-hydrogen) atoms. The number of rotatable bonds is 7. The SMILES string of the molecule is C[C@]1(O)CC(=O)[C@H](C(=O)OCc2ccccc2)[C@H](c2ccccc2)[C@H]1C(=O)OCc1ccccc1. The molecular weight excluding hydrogens is 444 g/mol. The van der Waals surface area contributed by atoms with E-state index >= 15 is 0 Å². The second kappa shape index (κ2) is 10.7. The van der Waals surface area contributed by atoms with Crippen LogP contribution in [0.25, 0.3) is 0 Å². The van der Waals surface area contributed by atoms with Gasteiger partial charge in [0, 0.05) is 12.3 Å². The van der Waals surface area contributed by atoms with Crippen molar-refractivity contribution in [3.63, 3.8) is 0 Å². The summed E-state index contributed by atoms with van der Waals surface area (Å²) in [6.07, 6.45) is -0.355. The fourth-order valence-corrected chi connectivity index (χ4v) is 4.73. The zero-order chi connectivity index (χ0) is 24.8. The second-order valence-corrected chi connectivity index (χ2v) is 9.08. The van der Waals surface area contributed by atoms with E-state index in [1.807, 2.05) is 60.7 Å². The summed E-state index contributed by atoms with van der Waals surface area (Å²) in [5.41, 5.74) is 0.472. The summed E-state index contributed by atoms with van der Waals surface area (Å²) in [6.45, 7) is 1.47. The monoisotopic (exact) mass is 472 g/mol. The van der Waals surface area contributed by atoms with Crippen molar-refractivity contribution in [2.75, 3.05) is 0 Å². The molecule has 1 N–H and O–H groups in total. The largest absolute Gasteiger partial charge is 0.461 e. The Balaban J connectivity index is 1.64. The van der Waals surface area contributed by atoms with E-state index in [0.717, 1.165) is 11.1 Å². The van der Waals surface area contributed by atoms with Gasteiger partial charge in [0.2, 0.25) is 0 Å². The number of hydrogen-bond acceptors (Lipinski definition) is 6. The number of esters is 2. The Hall–Kier alpha value is -3.77. The van der Waals surface area contributed by atoms with Gasteiger partial charge in [0.1, 0.15) is 19.1 Å². The molecule has 0 unspecified atom stereocenters. The Bertz CT molecular complexity index is 1160. The van der Waals surface area contributed by atoms with Gasteiger partial charge in [-0.15, -0.1) is 0 Å². The average molecular weight is 473 g/mol. The Kier molecular flexibility index (Phi) is 7.42. The van der Waals surface area contributed by atoms with Crippen molar-refractivity contribution < 1.29 is 29.0 Å². The first-order chi connectivity index (χ1) is 16.9. The maximum Gasteiger partial charge on any atom is 0.317 e. The number of benzene rings is 3. The van der Waals surface area contributed by atoms with Gasteiger partial charge in [0.15, 0.2) is 5.78 Å². The summed E-state index contributed by atoms with van der Waals surface area (Å²) < 4.78 is 11.1. The maximum atomic E-state index is 13.4. The van der Waals surface area contributed by atoms with Crippen LogP contribution in [0.15, 0.2) is 91.0 Å². The third kappa shape index (κ3) is 5.66. The van der Waals surface area contributed by atoms with Crippen LogP contribution in [0, 0.1) is 11.8 Å². The lowest BCUT2D eigenvalue weighted by molar-refractivity contribution is -0.174. The quantitative estimate of drug-likeness (QED) is 0.409. The van der Waals surface area contributed by atoms with Gasteiger partial charge in [0.25, 0.3) is 0 Å². The number of carbonyl (C=O) groups excluding carboxylic acids is 3. The zero-order valence-electron chi connectivity index (χ0n) is 19.5. The molecule has 1 saturated carbocycles. The molecule has 6 nitrogen and oxygen atoms in total. The minimum Gasteiger partial charge on any atom is -0.461 e. The highest BCUT2D eigenvalue weighted by molar-refractivity contribution is 6.02. The van der Waals surface area contributed by atoms with Crippen LogP contribution in [0.3, 0.4) is 0 Å². The van der Waals surface area contributed by atoms with Crippen LogP contribution in [-0.4, -0.2) is 28.4 Å². The minimum atomic E-state index is -1.69. The van der Waals surface area contributed by atoms with Gasteiger partial charge in [-0.25, -0.2) is 0 Å². The number of Topliss-reactive ketones (excluding diaryl/α,β-unsaturated/α-hetero) is 1. The fourth-order valence-electron chi connectivity index (χ4n) is 4.73. The molecule has 4 atom stereocenters. The number of ether oxygens (including phenoxy) is 2. The molecule has 4 rings (SSSR count). The number of hydrogen-bond donors (Lipinski definition) is 1. The van der Waals surface area contributed by atoms with Crippen molar-refractivity contribution in [1.29, 1.82) is 0 Å². The number of ketones is 1. The molecule has 1 aliphatic carbocycles. The van der Waals surface area contributed by atoms with Crippen molar-refractivity contribution in [3.05, 3.63) is 108 Å². The van der Waals surface area contributed by atoms with E-state index < -0.39 is 41.1 Å². The first kappa shape index (κ1) is 24.4. The van der Waals surface area contributed by atoms with E-state index in [1.165, 1.54) is 6.92 Å². The van der Waals surface area contributed by atoms with Gasteiger partial charge in [-0.2, -0.15) is 0 Å². The van der Waals surface area contributed by atoms with Gasteiger partial charge in [-0.3, -0.25) is 14.4 Å². The van der Waals surface area contributed by atoms with Gasteiger partial charge in [-0.05, 0) is 23.6 Å². The highest BCUT2D eigenvalue weighted by Gasteiger charge is 2.57. The Morgan fingerprint density at radius 2 is 1.26 bits per heavy atom. The first-order valence-corrected chi connectivity index (χ1v) is 11.6. The molecule has 3 aromatic rings. The molecule has 0 amide bonds. The molecule has 0 aromatic heterocycles. The predicted molar refractivity (Wildman–Crippen MR) is 129 cm³/mol. The van der Waals surface area contributed by atoms with E-state index in [9.17, 15) is 19.5 Å². The third-order valence-electron chi connectivity index (χ3n) is 6.41.